The van der Waals surface area contributed by atoms with Crippen LogP contribution in [0.4, 0.5) is 0 Å². The van der Waals surface area contributed by atoms with E-state index >= 15 is 0 Å². The Morgan fingerprint density at radius 1 is 0.833 bits per heavy atom. The summed E-state index contributed by atoms with van der Waals surface area (Å²) < 4.78 is 1.98. The van der Waals surface area contributed by atoms with Gasteiger partial charge in [0.15, 0.2) is 0 Å². The maximum absolute atomic E-state index is 13.6. The van der Waals surface area contributed by atoms with Crippen LogP contribution in [0.2, 0.25) is 0 Å². The Morgan fingerprint density at radius 3 is 2.14 bits per heavy atom. The van der Waals surface area contributed by atoms with Crippen LogP contribution in [0.1, 0.15) is 50.4 Å². The largest absolute Gasteiger partial charge is 0.335 e. The van der Waals surface area contributed by atoms with E-state index in [1.165, 1.54) is 6.42 Å². The SMILES string of the molecule is CC1(C)CC2CC(C)(CN2C(=O)c2ccc(-n3nc(-c4ccccc4)cc3-c3ccccc3)cc2)C1. The van der Waals surface area contributed by atoms with E-state index in [0.29, 0.717) is 11.5 Å². The van der Waals surface area contributed by atoms with Crippen LogP contribution in [0.3, 0.4) is 0 Å². The molecule has 0 radical (unpaired) electrons. The van der Waals surface area contributed by atoms with E-state index < -0.39 is 0 Å². The maximum Gasteiger partial charge on any atom is 0.254 e. The van der Waals surface area contributed by atoms with E-state index in [1.807, 2.05) is 65.3 Å². The summed E-state index contributed by atoms with van der Waals surface area (Å²) >= 11 is 0. The van der Waals surface area contributed by atoms with Gasteiger partial charge in [-0.25, -0.2) is 4.68 Å². The maximum atomic E-state index is 13.6. The molecule has 4 nitrogen and oxygen atoms in total. The fourth-order valence-corrected chi connectivity index (χ4v) is 6.75. The van der Waals surface area contributed by atoms with Gasteiger partial charge >= 0.3 is 0 Å². The third kappa shape index (κ3) is 4.15. The smallest absolute Gasteiger partial charge is 0.254 e. The van der Waals surface area contributed by atoms with Crippen LogP contribution in [0.15, 0.2) is 91.0 Å². The summed E-state index contributed by atoms with van der Waals surface area (Å²) in [7, 11) is 0. The van der Waals surface area contributed by atoms with E-state index in [1.54, 1.807) is 0 Å². The van der Waals surface area contributed by atoms with Gasteiger partial charge in [-0.2, -0.15) is 5.10 Å². The predicted octanol–water partition coefficient (Wildman–Crippen LogP) is 7.25. The number of likely N-dealkylation sites (tertiary alicyclic amines) is 1. The first kappa shape index (κ1) is 22.8. The zero-order valence-electron chi connectivity index (χ0n) is 21.3. The molecule has 4 heteroatoms. The second-order valence-electron chi connectivity index (χ2n) is 11.8. The van der Waals surface area contributed by atoms with Crippen LogP contribution in [-0.2, 0) is 0 Å². The summed E-state index contributed by atoms with van der Waals surface area (Å²) in [5.41, 5.74) is 6.36. The summed E-state index contributed by atoms with van der Waals surface area (Å²) in [6, 6.07) is 31.0. The van der Waals surface area contributed by atoms with E-state index in [2.05, 4.69) is 56.0 Å². The molecule has 0 N–H and O–H groups in total. The molecule has 36 heavy (non-hydrogen) atoms. The first-order chi connectivity index (χ1) is 17.3. The van der Waals surface area contributed by atoms with Gasteiger partial charge in [-0.1, -0.05) is 81.4 Å². The number of rotatable bonds is 4. The Labute approximate surface area is 213 Å². The minimum absolute atomic E-state index is 0.154. The van der Waals surface area contributed by atoms with Crippen LogP contribution in [0.5, 0.6) is 0 Å². The van der Waals surface area contributed by atoms with Crippen molar-refractivity contribution in [1.29, 1.82) is 0 Å². The number of nitrogens with zero attached hydrogens (tertiary/aromatic N) is 3. The van der Waals surface area contributed by atoms with Crippen molar-refractivity contribution in [3.8, 4) is 28.2 Å². The fraction of sp³-hybridized carbons (Fsp3) is 0.312. The Bertz CT molecular complexity index is 1390. The molecule has 1 saturated heterocycles. The van der Waals surface area contributed by atoms with Gasteiger partial charge in [0.1, 0.15) is 0 Å². The number of hydrogen-bond donors (Lipinski definition) is 0. The lowest BCUT2D eigenvalue weighted by atomic mass is 9.65. The summed E-state index contributed by atoms with van der Waals surface area (Å²) in [6.07, 6.45) is 3.39. The van der Waals surface area contributed by atoms with Crippen LogP contribution in [0.25, 0.3) is 28.2 Å². The van der Waals surface area contributed by atoms with Crippen molar-refractivity contribution in [2.24, 2.45) is 10.8 Å². The predicted molar refractivity (Wildman–Crippen MR) is 145 cm³/mol. The van der Waals surface area contributed by atoms with Crippen molar-refractivity contribution in [3.63, 3.8) is 0 Å². The lowest BCUT2D eigenvalue weighted by Gasteiger charge is -2.39. The molecule has 3 aromatic carbocycles. The highest BCUT2D eigenvalue weighted by atomic mass is 16.2. The van der Waals surface area contributed by atoms with Crippen LogP contribution < -0.4 is 0 Å². The molecule has 1 amide bonds. The number of benzene rings is 3. The van der Waals surface area contributed by atoms with Gasteiger partial charge < -0.3 is 4.90 Å². The third-order valence-corrected chi connectivity index (χ3v) is 7.88. The summed E-state index contributed by atoms with van der Waals surface area (Å²) in [6.45, 7) is 7.90. The lowest BCUT2D eigenvalue weighted by molar-refractivity contribution is 0.0708. The topological polar surface area (TPSA) is 38.1 Å². The number of fused-ring (bicyclic) bond motifs is 2. The average molecular weight is 476 g/mol. The van der Waals surface area contributed by atoms with Gasteiger partial charge in [0.2, 0.25) is 0 Å². The first-order valence-corrected chi connectivity index (χ1v) is 12.9. The van der Waals surface area contributed by atoms with E-state index in [-0.39, 0.29) is 11.3 Å². The zero-order valence-corrected chi connectivity index (χ0v) is 21.3. The van der Waals surface area contributed by atoms with E-state index in [0.717, 1.165) is 53.2 Å². The molecule has 1 aliphatic heterocycles. The molecule has 182 valence electrons. The van der Waals surface area contributed by atoms with Gasteiger partial charge in [-0.15, -0.1) is 0 Å². The monoisotopic (exact) mass is 475 g/mol. The summed E-state index contributed by atoms with van der Waals surface area (Å²) in [4.78, 5) is 15.7. The molecule has 2 unspecified atom stereocenters. The van der Waals surface area contributed by atoms with E-state index in [4.69, 9.17) is 5.10 Å². The molecule has 1 saturated carbocycles. The molecule has 1 aromatic heterocycles. The van der Waals surface area contributed by atoms with Crippen molar-refractivity contribution in [3.05, 3.63) is 96.6 Å². The van der Waals surface area contributed by atoms with Crippen molar-refractivity contribution in [2.45, 2.75) is 46.1 Å². The quantitative estimate of drug-likeness (QED) is 0.312. The number of aromatic nitrogens is 2. The molecule has 2 bridgehead atoms. The van der Waals surface area contributed by atoms with Gasteiger partial charge in [-0.3, -0.25) is 4.79 Å². The van der Waals surface area contributed by atoms with E-state index in [9.17, 15) is 4.79 Å². The molecular weight excluding hydrogens is 442 g/mol. The Balaban J connectivity index is 1.32. The Hall–Kier alpha value is -3.66. The fourth-order valence-electron chi connectivity index (χ4n) is 6.75. The van der Waals surface area contributed by atoms with Gasteiger partial charge in [0.05, 0.1) is 17.1 Å². The van der Waals surface area contributed by atoms with Crippen molar-refractivity contribution in [2.75, 3.05) is 6.54 Å². The highest BCUT2D eigenvalue weighted by Gasteiger charge is 2.51. The molecule has 4 aromatic rings. The summed E-state index contributed by atoms with van der Waals surface area (Å²) in [5, 5.41) is 4.97. The van der Waals surface area contributed by atoms with Crippen molar-refractivity contribution >= 4 is 5.91 Å². The Kier molecular flexibility index (Phi) is 5.36. The van der Waals surface area contributed by atoms with Gasteiger partial charge in [0, 0.05) is 29.3 Å². The molecule has 2 aliphatic rings. The molecule has 6 rings (SSSR count). The zero-order chi connectivity index (χ0) is 24.9. The van der Waals surface area contributed by atoms with Crippen LogP contribution in [0, 0.1) is 10.8 Å². The highest BCUT2D eigenvalue weighted by Crippen LogP contribution is 2.52. The normalized spacial score (nSPS) is 22.5. The average Bonchev–Trinajstić information content (AvgIpc) is 3.43. The number of amides is 1. The number of hydrogen-bond acceptors (Lipinski definition) is 2. The molecular formula is C32H33N3O. The lowest BCUT2D eigenvalue weighted by Crippen LogP contribution is -2.37. The molecule has 2 atom stereocenters. The second-order valence-corrected chi connectivity index (χ2v) is 11.8. The standard InChI is InChI=1S/C32H33N3O/c1-31(2)19-27-20-32(3,21-31)22-34(27)30(36)25-14-16-26(17-15-25)35-29(24-12-8-5-9-13-24)18-28(33-35)23-10-6-4-7-11-23/h4-18,27H,19-22H2,1-3H3. The first-order valence-electron chi connectivity index (χ1n) is 12.9. The molecule has 2 heterocycles. The van der Waals surface area contributed by atoms with Crippen molar-refractivity contribution in [1.82, 2.24) is 14.7 Å². The highest BCUT2D eigenvalue weighted by molar-refractivity contribution is 5.95. The number of carbonyl (C=O) groups excluding carboxylic acids is 1. The molecule has 0 spiro atoms. The summed E-state index contributed by atoms with van der Waals surface area (Å²) in [5.74, 6) is 0.154. The van der Waals surface area contributed by atoms with Crippen molar-refractivity contribution < 1.29 is 4.79 Å². The minimum atomic E-state index is 0.154. The minimum Gasteiger partial charge on any atom is -0.335 e. The van der Waals surface area contributed by atoms with Crippen LogP contribution >= 0.6 is 0 Å². The Morgan fingerprint density at radius 2 is 1.47 bits per heavy atom. The van der Waals surface area contributed by atoms with Gasteiger partial charge in [0.25, 0.3) is 5.91 Å². The van der Waals surface area contributed by atoms with Crippen LogP contribution in [-0.4, -0.2) is 33.2 Å². The third-order valence-electron chi connectivity index (χ3n) is 7.88. The molecule has 2 fully saturated rings. The second kappa shape index (κ2) is 8.48. The number of carbonyl (C=O) groups is 1. The van der Waals surface area contributed by atoms with Gasteiger partial charge in [-0.05, 0) is 60.4 Å². The molecule has 1 aliphatic carbocycles.